The molecular formula is C16H22N4O. The van der Waals surface area contributed by atoms with Gasteiger partial charge in [0.15, 0.2) is 0 Å². The average Bonchev–Trinajstić information content (AvgIpc) is 2.48. The summed E-state index contributed by atoms with van der Waals surface area (Å²) < 4.78 is 5.76. The molecule has 21 heavy (non-hydrogen) atoms. The Labute approximate surface area is 125 Å². The third kappa shape index (κ3) is 4.70. The van der Waals surface area contributed by atoms with Crippen LogP contribution in [-0.4, -0.2) is 28.1 Å². The maximum absolute atomic E-state index is 5.76. The molecule has 0 spiro atoms. The van der Waals surface area contributed by atoms with E-state index in [1.54, 1.807) is 6.20 Å². The maximum atomic E-state index is 5.76. The van der Waals surface area contributed by atoms with Gasteiger partial charge >= 0.3 is 0 Å². The van der Waals surface area contributed by atoms with E-state index in [2.05, 4.69) is 34.1 Å². The molecule has 0 aliphatic heterocycles. The molecule has 0 amide bonds. The van der Waals surface area contributed by atoms with Crippen LogP contribution in [0.2, 0.25) is 0 Å². The van der Waals surface area contributed by atoms with Crippen LogP contribution in [0.4, 0.5) is 5.82 Å². The molecule has 2 aromatic heterocycles. The topological polar surface area (TPSA) is 59.9 Å². The molecule has 0 atom stereocenters. The fraction of sp³-hybridized carbons (Fsp3) is 0.438. The van der Waals surface area contributed by atoms with Crippen molar-refractivity contribution in [3.63, 3.8) is 0 Å². The van der Waals surface area contributed by atoms with Crippen LogP contribution in [-0.2, 0) is 6.42 Å². The number of aromatic nitrogens is 3. The van der Waals surface area contributed by atoms with E-state index in [9.17, 15) is 0 Å². The summed E-state index contributed by atoms with van der Waals surface area (Å²) in [4.78, 5) is 13.2. The summed E-state index contributed by atoms with van der Waals surface area (Å²) in [6, 6.07) is 7.72. The van der Waals surface area contributed by atoms with Crippen molar-refractivity contribution in [1.82, 2.24) is 15.0 Å². The minimum atomic E-state index is 0.266. The number of hydrogen-bond donors (Lipinski definition) is 1. The number of pyridine rings is 1. The minimum Gasteiger partial charge on any atom is -0.477 e. The first-order chi connectivity index (χ1) is 10.2. The molecular weight excluding hydrogens is 264 g/mol. The summed E-state index contributed by atoms with van der Waals surface area (Å²) in [6.45, 7) is 7.56. The Bertz CT molecular complexity index is 557. The van der Waals surface area contributed by atoms with E-state index in [4.69, 9.17) is 4.74 Å². The van der Waals surface area contributed by atoms with E-state index >= 15 is 0 Å². The molecule has 0 aliphatic rings. The van der Waals surface area contributed by atoms with E-state index in [0.29, 0.717) is 12.5 Å². The van der Waals surface area contributed by atoms with Crippen molar-refractivity contribution in [2.24, 2.45) is 0 Å². The predicted octanol–water partition coefficient (Wildman–Crippen LogP) is 3.05. The summed E-state index contributed by atoms with van der Waals surface area (Å²) in [7, 11) is 0. The molecule has 5 nitrogen and oxygen atoms in total. The monoisotopic (exact) mass is 286 g/mol. The maximum Gasteiger partial charge on any atom is 0.218 e. The Balaban J connectivity index is 2.01. The lowest BCUT2D eigenvalue weighted by Crippen LogP contribution is -2.09. The molecule has 0 fully saturated rings. The molecule has 2 rings (SSSR count). The van der Waals surface area contributed by atoms with Gasteiger partial charge < -0.3 is 10.1 Å². The highest BCUT2D eigenvalue weighted by molar-refractivity contribution is 5.38. The van der Waals surface area contributed by atoms with Crippen LogP contribution in [0.5, 0.6) is 5.88 Å². The van der Waals surface area contributed by atoms with Crippen LogP contribution in [0.1, 0.15) is 38.2 Å². The van der Waals surface area contributed by atoms with Gasteiger partial charge in [-0.3, -0.25) is 4.98 Å². The van der Waals surface area contributed by atoms with E-state index in [1.165, 1.54) is 0 Å². The summed E-state index contributed by atoms with van der Waals surface area (Å²) >= 11 is 0. The van der Waals surface area contributed by atoms with E-state index < -0.39 is 0 Å². The highest BCUT2D eigenvalue weighted by Gasteiger charge is 2.08. The summed E-state index contributed by atoms with van der Waals surface area (Å²) in [5.74, 6) is 2.48. The Morgan fingerprint density at radius 1 is 1.24 bits per heavy atom. The first-order valence-corrected chi connectivity index (χ1v) is 7.34. The fourth-order valence-electron chi connectivity index (χ4n) is 1.85. The lowest BCUT2D eigenvalue weighted by molar-refractivity contribution is 0.306. The Kier molecular flexibility index (Phi) is 5.49. The summed E-state index contributed by atoms with van der Waals surface area (Å²) in [5.41, 5.74) is 1.02. The summed E-state index contributed by atoms with van der Waals surface area (Å²) in [6.07, 6.45) is 2.55. The molecule has 0 bridgehead atoms. The highest BCUT2D eigenvalue weighted by Crippen LogP contribution is 2.18. The molecule has 0 aliphatic carbocycles. The van der Waals surface area contributed by atoms with Gasteiger partial charge in [0.1, 0.15) is 11.6 Å². The number of nitrogens with zero attached hydrogens (tertiary/aromatic N) is 3. The number of nitrogens with one attached hydrogen (secondary N) is 1. The highest BCUT2D eigenvalue weighted by atomic mass is 16.5. The van der Waals surface area contributed by atoms with Crippen molar-refractivity contribution in [2.45, 2.75) is 33.1 Å². The minimum absolute atomic E-state index is 0.266. The van der Waals surface area contributed by atoms with Gasteiger partial charge in [-0.05, 0) is 19.1 Å². The molecule has 0 aromatic carbocycles. The van der Waals surface area contributed by atoms with Crippen molar-refractivity contribution < 1.29 is 4.74 Å². The quantitative estimate of drug-likeness (QED) is 0.847. The molecule has 2 aromatic rings. The fourth-order valence-corrected chi connectivity index (χ4v) is 1.85. The van der Waals surface area contributed by atoms with Crippen molar-refractivity contribution in [1.29, 1.82) is 0 Å². The lowest BCUT2D eigenvalue weighted by atomic mass is 10.2. The molecule has 0 radical (unpaired) electrons. The molecule has 112 valence electrons. The van der Waals surface area contributed by atoms with Crippen molar-refractivity contribution in [2.75, 3.05) is 18.5 Å². The Morgan fingerprint density at radius 3 is 2.76 bits per heavy atom. The second-order valence-corrected chi connectivity index (χ2v) is 5.05. The Hall–Kier alpha value is -2.17. The van der Waals surface area contributed by atoms with E-state index in [1.807, 2.05) is 31.2 Å². The van der Waals surface area contributed by atoms with Gasteiger partial charge in [-0.1, -0.05) is 19.9 Å². The van der Waals surface area contributed by atoms with Gasteiger partial charge in [0, 0.05) is 36.8 Å². The molecule has 5 heteroatoms. The van der Waals surface area contributed by atoms with Gasteiger partial charge in [0.25, 0.3) is 0 Å². The molecule has 0 saturated carbocycles. The van der Waals surface area contributed by atoms with Crippen LogP contribution in [0.3, 0.4) is 0 Å². The van der Waals surface area contributed by atoms with Crippen LogP contribution in [0, 0.1) is 0 Å². The average molecular weight is 286 g/mol. The largest absolute Gasteiger partial charge is 0.477 e. The van der Waals surface area contributed by atoms with Crippen LogP contribution in [0.25, 0.3) is 0 Å². The molecule has 0 saturated heterocycles. The van der Waals surface area contributed by atoms with E-state index in [0.717, 1.165) is 30.3 Å². The number of hydrogen-bond acceptors (Lipinski definition) is 5. The molecule has 2 heterocycles. The number of ether oxygens (including phenoxy) is 1. The van der Waals surface area contributed by atoms with Gasteiger partial charge in [0.2, 0.25) is 5.88 Å². The standard InChI is InChI=1S/C16H22N4O/c1-4-17-14-11-15(20-16(19-14)12(2)3)21-10-8-13-7-5-6-9-18-13/h5-7,9,11-12H,4,8,10H2,1-3H3,(H,17,19,20). The van der Waals surface area contributed by atoms with Gasteiger partial charge in [-0.15, -0.1) is 0 Å². The van der Waals surface area contributed by atoms with Crippen molar-refractivity contribution in [3.05, 3.63) is 42.0 Å². The number of rotatable bonds is 7. The zero-order chi connectivity index (χ0) is 15.1. The van der Waals surface area contributed by atoms with Crippen LogP contribution >= 0.6 is 0 Å². The van der Waals surface area contributed by atoms with E-state index in [-0.39, 0.29) is 5.92 Å². The number of anilines is 1. The van der Waals surface area contributed by atoms with Gasteiger partial charge in [-0.2, -0.15) is 4.98 Å². The zero-order valence-electron chi connectivity index (χ0n) is 12.8. The van der Waals surface area contributed by atoms with Crippen LogP contribution < -0.4 is 10.1 Å². The SMILES string of the molecule is CCNc1cc(OCCc2ccccn2)nc(C(C)C)n1. The van der Waals surface area contributed by atoms with Crippen molar-refractivity contribution >= 4 is 5.82 Å². The van der Waals surface area contributed by atoms with Gasteiger partial charge in [0.05, 0.1) is 6.61 Å². The smallest absolute Gasteiger partial charge is 0.218 e. The molecule has 1 N–H and O–H groups in total. The third-order valence-corrected chi connectivity index (χ3v) is 2.93. The first kappa shape index (κ1) is 15.2. The normalized spacial score (nSPS) is 10.7. The van der Waals surface area contributed by atoms with Crippen molar-refractivity contribution in [3.8, 4) is 5.88 Å². The predicted molar refractivity (Wildman–Crippen MR) is 83.7 cm³/mol. The zero-order valence-corrected chi connectivity index (χ0v) is 12.8. The van der Waals surface area contributed by atoms with Crippen LogP contribution in [0.15, 0.2) is 30.5 Å². The Morgan fingerprint density at radius 2 is 2.10 bits per heavy atom. The first-order valence-electron chi connectivity index (χ1n) is 7.34. The third-order valence-electron chi connectivity index (χ3n) is 2.93. The summed E-state index contributed by atoms with van der Waals surface area (Å²) in [5, 5.41) is 3.21. The molecule has 0 unspecified atom stereocenters. The second-order valence-electron chi connectivity index (χ2n) is 5.05. The lowest BCUT2D eigenvalue weighted by Gasteiger charge is -2.11. The van der Waals surface area contributed by atoms with Gasteiger partial charge in [-0.25, -0.2) is 4.98 Å². The second kappa shape index (κ2) is 7.57.